The van der Waals surface area contributed by atoms with Crippen molar-refractivity contribution in [3.63, 3.8) is 0 Å². The fourth-order valence-electron chi connectivity index (χ4n) is 0.288. The fourth-order valence-corrected chi connectivity index (χ4v) is 1.13. The van der Waals surface area contributed by atoms with Crippen LogP contribution in [0, 0.1) is 0 Å². The van der Waals surface area contributed by atoms with E-state index in [4.69, 9.17) is 21.3 Å². The first-order valence-electron chi connectivity index (χ1n) is 2.15. The van der Waals surface area contributed by atoms with Gasteiger partial charge in [0, 0.05) is 5.88 Å². The second kappa shape index (κ2) is 8.74. The summed E-state index contributed by atoms with van der Waals surface area (Å²) in [6, 6.07) is 0. The van der Waals surface area contributed by atoms with Crippen molar-refractivity contribution in [3.8, 4) is 0 Å². The summed E-state index contributed by atoms with van der Waals surface area (Å²) in [5.74, 6) is -0.893. The molecule has 0 aromatic heterocycles. The van der Waals surface area contributed by atoms with E-state index in [2.05, 4.69) is 0 Å². The molecule has 0 aliphatic rings. The summed E-state index contributed by atoms with van der Waals surface area (Å²) in [7, 11) is -4.07. The molecule has 0 bridgehead atoms. The van der Waals surface area contributed by atoms with Crippen molar-refractivity contribution in [1.29, 1.82) is 0 Å². The summed E-state index contributed by atoms with van der Waals surface area (Å²) in [4.78, 5) is 0. The molecule has 0 heterocycles. The van der Waals surface area contributed by atoms with Crippen LogP contribution in [-0.2, 0) is 10.1 Å². The van der Waals surface area contributed by atoms with Gasteiger partial charge in [-0.15, -0.1) is 11.6 Å². The van der Waals surface area contributed by atoms with Gasteiger partial charge in [0.05, 0.1) is 6.10 Å². The van der Waals surface area contributed by atoms with Crippen molar-refractivity contribution in [3.05, 3.63) is 0 Å². The van der Waals surface area contributed by atoms with Crippen molar-refractivity contribution >= 4 is 21.7 Å². The van der Waals surface area contributed by atoms with Gasteiger partial charge in [-0.2, -0.15) is 8.42 Å². The second-order valence-corrected chi connectivity index (χ2v) is 3.36. The van der Waals surface area contributed by atoms with Gasteiger partial charge in [0.15, 0.2) is 0 Å². The van der Waals surface area contributed by atoms with E-state index >= 15 is 0 Å². The van der Waals surface area contributed by atoms with Crippen LogP contribution in [0.4, 0.5) is 0 Å². The van der Waals surface area contributed by atoms with E-state index in [1.165, 1.54) is 0 Å². The molecule has 1 atom stereocenters. The smallest absolute Gasteiger partial charge is 1.00 e. The van der Waals surface area contributed by atoms with Crippen LogP contribution in [0.3, 0.4) is 0 Å². The van der Waals surface area contributed by atoms with Gasteiger partial charge in [-0.25, -0.2) is 0 Å². The molecule has 0 aliphatic heterocycles. The normalized spacial score (nSPS) is 12.6. The number of alkyl halides is 1. The van der Waals surface area contributed by atoms with Crippen molar-refractivity contribution < 1.29 is 80.0 Å². The van der Waals surface area contributed by atoms with Crippen LogP contribution in [0.15, 0.2) is 0 Å². The summed E-state index contributed by atoms with van der Waals surface area (Å²) < 4.78 is 27.9. The van der Waals surface area contributed by atoms with E-state index in [0.29, 0.717) is 0 Å². The fraction of sp³-hybridized carbons (Fsp3) is 1.00. The van der Waals surface area contributed by atoms with E-state index in [-0.39, 0.29) is 67.8 Å². The first kappa shape index (κ1) is 18.9. The Morgan fingerprint density at radius 3 is 1.91 bits per heavy atom. The minimum absolute atomic E-state index is 0. The number of aliphatic hydroxyl groups is 1. The Labute approximate surface area is 118 Å². The first-order valence-corrected chi connectivity index (χ1v) is 4.29. The molecule has 8 heteroatoms. The van der Waals surface area contributed by atoms with E-state index in [9.17, 15) is 8.42 Å². The molecule has 0 amide bonds. The maximum atomic E-state index is 9.94. The zero-order valence-electron chi connectivity index (χ0n) is 8.49. The zero-order chi connectivity index (χ0) is 7.49. The Hall–Kier alpha value is 2.16. The van der Waals surface area contributed by atoms with Gasteiger partial charge in [0.1, 0.15) is 5.75 Å². The van der Waals surface area contributed by atoms with E-state index < -0.39 is 22.0 Å². The predicted octanol–water partition coefficient (Wildman–Crippen LogP) is -6.29. The Morgan fingerprint density at radius 1 is 1.45 bits per heavy atom. The average Bonchev–Trinajstić information content (AvgIpc) is 1.62. The van der Waals surface area contributed by atoms with Crippen molar-refractivity contribution in [2.24, 2.45) is 0 Å². The molecule has 0 aliphatic carbocycles. The minimum Gasteiger partial charge on any atom is -1.00 e. The van der Waals surface area contributed by atoms with Crippen molar-refractivity contribution in [2.75, 3.05) is 11.6 Å². The predicted molar refractivity (Wildman–Crippen MR) is 35.4 cm³/mol. The van der Waals surface area contributed by atoms with Gasteiger partial charge in [0.25, 0.3) is 10.1 Å². The largest absolute Gasteiger partial charge is 1.00 e. The molecule has 1 unspecified atom stereocenters. The monoisotopic (exact) mass is 222 g/mol. The molecular weight excluding hydrogens is 214 g/mol. The third-order valence-corrected chi connectivity index (χ3v) is 1.74. The SMILES string of the molecule is O=S(=O)(O)CC(O)CCl.[H-].[H-].[Na+].[Na+]. The molecular formula is C3H9ClNa2O4S. The van der Waals surface area contributed by atoms with Gasteiger partial charge < -0.3 is 7.96 Å². The third kappa shape index (κ3) is 15.0. The molecule has 0 fully saturated rings. The second-order valence-electron chi connectivity index (χ2n) is 1.56. The van der Waals surface area contributed by atoms with E-state index in [1.54, 1.807) is 0 Å². The quantitative estimate of drug-likeness (QED) is 0.283. The minimum atomic E-state index is -4.07. The Morgan fingerprint density at radius 2 is 1.82 bits per heavy atom. The topological polar surface area (TPSA) is 74.6 Å². The molecule has 0 rings (SSSR count). The summed E-state index contributed by atoms with van der Waals surface area (Å²) in [6.45, 7) is 0. The molecule has 2 N–H and O–H groups in total. The standard InChI is InChI=1S/C3H7ClO4S.2Na.2H/c4-1-3(5)2-9(6,7)8;;;;/h3,5H,1-2H2,(H,6,7,8);;;;/q;2*+1;2*-1. The molecule has 0 radical (unpaired) electrons. The Kier molecular flexibility index (Phi) is 15.0. The Bertz CT molecular complexity index is 178. The van der Waals surface area contributed by atoms with Crippen LogP contribution in [0.5, 0.6) is 0 Å². The van der Waals surface area contributed by atoms with E-state index in [1.807, 2.05) is 0 Å². The summed E-state index contributed by atoms with van der Waals surface area (Å²) >= 11 is 5.03. The summed E-state index contributed by atoms with van der Waals surface area (Å²) in [6.07, 6.45) is -1.18. The number of rotatable bonds is 3. The molecule has 0 spiro atoms. The van der Waals surface area contributed by atoms with Crippen LogP contribution >= 0.6 is 11.6 Å². The first-order chi connectivity index (χ1) is 3.95. The number of hydrogen-bond donors (Lipinski definition) is 2. The molecule has 0 aromatic carbocycles. The van der Waals surface area contributed by atoms with Crippen LogP contribution < -0.4 is 59.1 Å². The van der Waals surface area contributed by atoms with Crippen LogP contribution in [-0.4, -0.2) is 35.8 Å². The molecule has 11 heavy (non-hydrogen) atoms. The van der Waals surface area contributed by atoms with Gasteiger partial charge in [0.2, 0.25) is 0 Å². The summed E-state index contributed by atoms with van der Waals surface area (Å²) in [5.41, 5.74) is 0. The maximum Gasteiger partial charge on any atom is 1.00 e. The van der Waals surface area contributed by atoms with Crippen LogP contribution in [0.2, 0.25) is 0 Å². The molecule has 0 aromatic rings. The van der Waals surface area contributed by atoms with Gasteiger partial charge >= 0.3 is 59.1 Å². The van der Waals surface area contributed by atoms with Gasteiger partial charge in [-0.05, 0) is 0 Å². The molecule has 0 saturated carbocycles. The van der Waals surface area contributed by atoms with E-state index in [0.717, 1.165) is 0 Å². The third-order valence-electron chi connectivity index (χ3n) is 0.581. The van der Waals surface area contributed by atoms with Gasteiger partial charge in [-0.3, -0.25) is 4.55 Å². The zero-order valence-corrected chi connectivity index (χ0v) is 12.1. The van der Waals surface area contributed by atoms with Crippen molar-refractivity contribution in [1.82, 2.24) is 0 Å². The van der Waals surface area contributed by atoms with Crippen LogP contribution in [0.25, 0.3) is 0 Å². The maximum absolute atomic E-state index is 9.94. The number of halogens is 1. The summed E-state index contributed by atoms with van der Waals surface area (Å²) in [5, 5.41) is 8.52. The van der Waals surface area contributed by atoms with Gasteiger partial charge in [-0.1, -0.05) is 0 Å². The molecule has 0 saturated heterocycles. The Balaban J connectivity index is -0.0000000533. The average molecular weight is 223 g/mol. The number of aliphatic hydroxyl groups excluding tert-OH is 1. The van der Waals surface area contributed by atoms with Crippen LogP contribution in [0.1, 0.15) is 2.85 Å². The van der Waals surface area contributed by atoms with Crippen molar-refractivity contribution in [2.45, 2.75) is 6.10 Å². The number of hydrogen-bond acceptors (Lipinski definition) is 3. The molecule has 60 valence electrons. The molecule has 4 nitrogen and oxygen atoms in total.